The van der Waals surface area contributed by atoms with Gasteiger partial charge < -0.3 is 10.1 Å². The largest absolute Gasteiger partial charge is 0.375 e. The van der Waals surface area contributed by atoms with E-state index in [1.807, 2.05) is 26.0 Å². The number of aromatic nitrogens is 2. The molecule has 6 heteroatoms. The van der Waals surface area contributed by atoms with Crippen LogP contribution in [-0.2, 0) is 4.74 Å². The van der Waals surface area contributed by atoms with Gasteiger partial charge in [-0.3, -0.25) is 9.89 Å². The van der Waals surface area contributed by atoms with Gasteiger partial charge >= 0.3 is 0 Å². The van der Waals surface area contributed by atoms with Crippen LogP contribution in [0.25, 0.3) is 11.3 Å². The van der Waals surface area contributed by atoms with E-state index < -0.39 is 0 Å². The Morgan fingerprint density at radius 3 is 2.83 bits per heavy atom. The molecule has 3 rings (SSSR count). The molecule has 0 aliphatic carbocycles. The minimum Gasteiger partial charge on any atom is -0.375 e. The van der Waals surface area contributed by atoms with Crippen LogP contribution in [0.2, 0.25) is 5.02 Å². The van der Waals surface area contributed by atoms with Gasteiger partial charge in [0.25, 0.3) is 5.91 Å². The third-order valence-corrected chi connectivity index (χ3v) is 4.25. The number of aromatic amines is 1. The molecule has 122 valence electrons. The SMILES string of the molecule is CC1(C)C[C@H](NC(=O)c2cc(-c3ccc(Cl)cc3)n[nH]2)CCO1. The predicted molar refractivity (Wildman–Crippen MR) is 89.6 cm³/mol. The van der Waals surface area contributed by atoms with Crippen molar-refractivity contribution < 1.29 is 9.53 Å². The molecule has 23 heavy (non-hydrogen) atoms. The zero-order valence-electron chi connectivity index (χ0n) is 13.2. The molecule has 0 bridgehead atoms. The Hall–Kier alpha value is -1.85. The van der Waals surface area contributed by atoms with E-state index in [1.54, 1.807) is 18.2 Å². The summed E-state index contributed by atoms with van der Waals surface area (Å²) in [4.78, 5) is 12.4. The monoisotopic (exact) mass is 333 g/mol. The van der Waals surface area contributed by atoms with Gasteiger partial charge in [0, 0.05) is 23.2 Å². The number of rotatable bonds is 3. The maximum atomic E-state index is 12.4. The maximum absolute atomic E-state index is 12.4. The summed E-state index contributed by atoms with van der Waals surface area (Å²) in [6.45, 7) is 4.75. The van der Waals surface area contributed by atoms with E-state index in [1.165, 1.54) is 0 Å². The molecule has 2 aromatic rings. The average molecular weight is 334 g/mol. The molecular formula is C17H20ClN3O2. The van der Waals surface area contributed by atoms with E-state index in [4.69, 9.17) is 16.3 Å². The van der Waals surface area contributed by atoms with Crippen molar-refractivity contribution in [1.29, 1.82) is 0 Å². The lowest BCUT2D eigenvalue weighted by Crippen LogP contribution is -2.45. The lowest BCUT2D eigenvalue weighted by molar-refractivity contribution is -0.0615. The molecule has 0 spiro atoms. The molecule has 2 N–H and O–H groups in total. The van der Waals surface area contributed by atoms with Gasteiger partial charge in [-0.1, -0.05) is 23.7 Å². The van der Waals surface area contributed by atoms with Gasteiger partial charge in [0.15, 0.2) is 0 Å². The Labute approximate surface area is 140 Å². The van der Waals surface area contributed by atoms with Crippen molar-refractivity contribution in [1.82, 2.24) is 15.5 Å². The fourth-order valence-electron chi connectivity index (χ4n) is 2.82. The Bertz CT molecular complexity index is 694. The van der Waals surface area contributed by atoms with Crippen LogP contribution in [0.3, 0.4) is 0 Å². The first-order valence-electron chi connectivity index (χ1n) is 7.69. The fraction of sp³-hybridized carbons (Fsp3) is 0.412. The number of carbonyl (C=O) groups excluding carboxylic acids is 1. The standard InChI is InChI=1S/C17H20ClN3O2/c1-17(2)10-13(7-8-23-17)19-16(22)15-9-14(20-21-15)11-3-5-12(18)6-4-11/h3-6,9,13H,7-8,10H2,1-2H3,(H,19,22)(H,20,21)/t13-/m1/s1. The van der Waals surface area contributed by atoms with Gasteiger partial charge in [-0.2, -0.15) is 5.10 Å². The number of amides is 1. The molecule has 1 amide bonds. The Morgan fingerprint density at radius 2 is 2.13 bits per heavy atom. The smallest absolute Gasteiger partial charge is 0.269 e. The summed E-state index contributed by atoms with van der Waals surface area (Å²) < 4.78 is 5.67. The molecule has 1 atom stereocenters. The van der Waals surface area contributed by atoms with Crippen LogP contribution in [0, 0.1) is 0 Å². The molecule has 1 aromatic heterocycles. The van der Waals surface area contributed by atoms with Gasteiger partial charge in [-0.25, -0.2) is 0 Å². The highest BCUT2D eigenvalue weighted by molar-refractivity contribution is 6.30. The summed E-state index contributed by atoms with van der Waals surface area (Å²) in [6.07, 6.45) is 1.63. The van der Waals surface area contributed by atoms with Gasteiger partial charge in [0.1, 0.15) is 5.69 Å². The normalized spacial score (nSPS) is 20.2. The van der Waals surface area contributed by atoms with Crippen molar-refractivity contribution in [2.24, 2.45) is 0 Å². The van der Waals surface area contributed by atoms with Crippen LogP contribution in [0.15, 0.2) is 30.3 Å². The van der Waals surface area contributed by atoms with Gasteiger partial charge in [0.05, 0.1) is 11.3 Å². The van der Waals surface area contributed by atoms with E-state index >= 15 is 0 Å². The number of H-pyrrole nitrogens is 1. The maximum Gasteiger partial charge on any atom is 0.269 e. The second kappa shape index (κ2) is 6.34. The second-order valence-corrected chi connectivity index (χ2v) is 6.88. The molecule has 1 fully saturated rings. The zero-order chi connectivity index (χ0) is 16.4. The average Bonchev–Trinajstić information content (AvgIpc) is 2.97. The third kappa shape index (κ3) is 3.92. The molecule has 1 aliphatic heterocycles. The molecule has 1 aliphatic rings. The van der Waals surface area contributed by atoms with Crippen LogP contribution < -0.4 is 5.32 Å². The van der Waals surface area contributed by atoms with E-state index in [2.05, 4.69) is 15.5 Å². The van der Waals surface area contributed by atoms with Crippen LogP contribution in [-0.4, -0.2) is 34.4 Å². The van der Waals surface area contributed by atoms with Crippen molar-refractivity contribution in [2.45, 2.75) is 38.3 Å². The number of hydrogen-bond donors (Lipinski definition) is 2. The molecular weight excluding hydrogens is 314 g/mol. The van der Waals surface area contributed by atoms with Crippen molar-refractivity contribution >= 4 is 17.5 Å². The van der Waals surface area contributed by atoms with E-state index in [9.17, 15) is 4.79 Å². The minimum absolute atomic E-state index is 0.119. The van der Waals surface area contributed by atoms with Crippen molar-refractivity contribution in [2.75, 3.05) is 6.61 Å². The van der Waals surface area contributed by atoms with Crippen LogP contribution in [0.5, 0.6) is 0 Å². The van der Waals surface area contributed by atoms with Crippen molar-refractivity contribution in [3.63, 3.8) is 0 Å². The first-order valence-corrected chi connectivity index (χ1v) is 8.07. The van der Waals surface area contributed by atoms with Gasteiger partial charge in [-0.05, 0) is 44.9 Å². The van der Waals surface area contributed by atoms with Crippen LogP contribution >= 0.6 is 11.6 Å². The lowest BCUT2D eigenvalue weighted by atomic mass is 9.94. The number of ether oxygens (including phenoxy) is 1. The molecule has 0 unspecified atom stereocenters. The number of hydrogen-bond acceptors (Lipinski definition) is 3. The molecule has 0 saturated carbocycles. The Balaban J connectivity index is 1.68. The highest BCUT2D eigenvalue weighted by atomic mass is 35.5. The molecule has 1 saturated heterocycles. The van der Waals surface area contributed by atoms with E-state index in [0.29, 0.717) is 17.3 Å². The predicted octanol–water partition coefficient (Wildman–Crippen LogP) is 3.42. The summed E-state index contributed by atoms with van der Waals surface area (Å²) in [5.41, 5.74) is 1.90. The number of nitrogens with one attached hydrogen (secondary N) is 2. The zero-order valence-corrected chi connectivity index (χ0v) is 14.0. The molecule has 2 heterocycles. The van der Waals surface area contributed by atoms with Crippen molar-refractivity contribution in [3.05, 3.63) is 41.0 Å². The summed E-state index contributed by atoms with van der Waals surface area (Å²) in [7, 11) is 0. The number of benzene rings is 1. The highest BCUT2D eigenvalue weighted by Gasteiger charge is 2.30. The fourth-order valence-corrected chi connectivity index (χ4v) is 2.95. The number of nitrogens with zero attached hydrogens (tertiary/aromatic N) is 1. The summed E-state index contributed by atoms with van der Waals surface area (Å²) in [5, 5.41) is 10.7. The summed E-state index contributed by atoms with van der Waals surface area (Å²) in [5.74, 6) is -0.139. The molecule has 1 aromatic carbocycles. The summed E-state index contributed by atoms with van der Waals surface area (Å²) in [6, 6.07) is 9.23. The number of carbonyl (C=O) groups is 1. The first-order chi connectivity index (χ1) is 10.9. The minimum atomic E-state index is -0.196. The second-order valence-electron chi connectivity index (χ2n) is 6.45. The quantitative estimate of drug-likeness (QED) is 0.904. The molecule has 0 radical (unpaired) electrons. The molecule has 5 nitrogen and oxygen atoms in total. The lowest BCUT2D eigenvalue weighted by Gasteiger charge is -2.35. The highest BCUT2D eigenvalue weighted by Crippen LogP contribution is 2.24. The number of halogens is 1. The topological polar surface area (TPSA) is 67.0 Å². The van der Waals surface area contributed by atoms with Gasteiger partial charge in [-0.15, -0.1) is 0 Å². The van der Waals surface area contributed by atoms with E-state index in [-0.39, 0.29) is 17.6 Å². The van der Waals surface area contributed by atoms with E-state index in [0.717, 1.165) is 24.1 Å². The first kappa shape index (κ1) is 16.0. The summed E-state index contributed by atoms with van der Waals surface area (Å²) >= 11 is 5.88. The third-order valence-electron chi connectivity index (χ3n) is 3.99. The van der Waals surface area contributed by atoms with Gasteiger partial charge in [0.2, 0.25) is 0 Å². The van der Waals surface area contributed by atoms with Crippen LogP contribution in [0.4, 0.5) is 0 Å². The Morgan fingerprint density at radius 1 is 1.39 bits per heavy atom. The van der Waals surface area contributed by atoms with Crippen molar-refractivity contribution in [3.8, 4) is 11.3 Å². The Kier molecular flexibility index (Phi) is 4.41. The van der Waals surface area contributed by atoms with Crippen LogP contribution in [0.1, 0.15) is 37.2 Å².